The SMILES string of the molecule is O=C(CO)COP(=O)(O)O.O=C(COP(=O)(O)O)C(O)C(O)C(O)COP(=O)(O)O. The van der Waals surface area contributed by atoms with Crippen LogP contribution in [0.3, 0.4) is 0 Å². The van der Waals surface area contributed by atoms with E-state index in [-0.39, 0.29) is 0 Å². The molecule has 0 aromatic heterocycles. The van der Waals surface area contributed by atoms with Crippen molar-refractivity contribution >= 4 is 35.0 Å². The van der Waals surface area contributed by atoms with Crippen molar-refractivity contribution in [3.8, 4) is 0 Å². The van der Waals surface area contributed by atoms with Gasteiger partial charge in [0.05, 0.1) is 6.61 Å². The van der Waals surface area contributed by atoms with Gasteiger partial charge in [0, 0.05) is 0 Å². The van der Waals surface area contributed by atoms with Gasteiger partial charge in [0.2, 0.25) is 0 Å². The van der Waals surface area contributed by atoms with Gasteiger partial charge in [-0.1, -0.05) is 0 Å². The first-order valence-corrected chi connectivity index (χ1v) is 11.7. The highest BCUT2D eigenvalue weighted by atomic mass is 31.2. The van der Waals surface area contributed by atoms with Gasteiger partial charge in [0.15, 0.2) is 11.6 Å². The lowest BCUT2D eigenvalue weighted by Crippen LogP contribution is -2.45. The number of hydrogen-bond acceptors (Lipinski definition) is 12. The van der Waals surface area contributed by atoms with E-state index in [9.17, 15) is 38.6 Å². The van der Waals surface area contributed by atoms with Crippen LogP contribution in [-0.2, 0) is 36.9 Å². The standard InChI is InChI=1S/C6H14O12P2.C3H7O6P/c7-3(1-17-19(11,12)13)5(9)6(10)4(8)2-18-20(14,15)16;4-1-3(5)2-9-10(6,7)8/h3,5-7,9-10H,1-2H2,(H2,11,12,13)(H2,14,15,16);4H,1-2H2,(H2,6,7,8). The molecule has 0 saturated heterocycles. The van der Waals surface area contributed by atoms with Crippen LogP contribution in [0.1, 0.15) is 0 Å². The van der Waals surface area contributed by atoms with Gasteiger partial charge < -0.3 is 49.8 Å². The number of aliphatic hydroxyl groups is 4. The highest BCUT2D eigenvalue weighted by molar-refractivity contribution is 7.46. The molecule has 21 heteroatoms. The molecular weight excluding hydrogens is 489 g/mol. The monoisotopic (exact) mass is 510 g/mol. The van der Waals surface area contributed by atoms with E-state index in [0.717, 1.165) is 0 Å². The lowest BCUT2D eigenvalue weighted by molar-refractivity contribution is -0.142. The zero-order valence-corrected chi connectivity index (χ0v) is 17.3. The molecule has 0 aliphatic carbocycles. The van der Waals surface area contributed by atoms with Gasteiger partial charge in [-0.3, -0.25) is 23.2 Å². The van der Waals surface area contributed by atoms with Crippen molar-refractivity contribution in [2.24, 2.45) is 0 Å². The van der Waals surface area contributed by atoms with Crippen LogP contribution < -0.4 is 0 Å². The lowest BCUT2D eigenvalue weighted by atomic mass is 10.1. The summed E-state index contributed by atoms with van der Waals surface area (Å²) < 4.78 is 41.8. The summed E-state index contributed by atoms with van der Waals surface area (Å²) in [6, 6.07) is 0. The molecule has 0 heterocycles. The minimum absolute atomic E-state index is 0.763. The quantitative estimate of drug-likeness (QED) is 0.104. The van der Waals surface area contributed by atoms with Crippen LogP contribution in [0.4, 0.5) is 0 Å². The fourth-order valence-electron chi connectivity index (χ4n) is 1.11. The summed E-state index contributed by atoms with van der Waals surface area (Å²) in [6.07, 6.45) is -6.53. The van der Waals surface area contributed by atoms with Gasteiger partial charge in [-0.2, -0.15) is 0 Å². The molecule has 0 amide bonds. The summed E-state index contributed by atoms with van der Waals surface area (Å²) in [5.41, 5.74) is 0. The van der Waals surface area contributed by atoms with Crippen LogP contribution in [0.5, 0.6) is 0 Å². The van der Waals surface area contributed by atoms with Crippen molar-refractivity contribution in [2.45, 2.75) is 18.3 Å². The molecule has 3 unspecified atom stereocenters. The van der Waals surface area contributed by atoms with Crippen LogP contribution in [0.15, 0.2) is 0 Å². The molecule has 0 aromatic carbocycles. The second-order valence-electron chi connectivity index (χ2n) is 4.98. The molecule has 0 spiro atoms. The highest BCUT2D eigenvalue weighted by Gasteiger charge is 2.33. The number of hydrogen-bond donors (Lipinski definition) is 10. The molecule has 0 bridgehead atoms. The lowest BCUT2D eigenvalue weighted by Gasteiger charge is -2.22. The first kappa shape index (κ1) is 31.7. The summed E-state index contributed by atoms with van der Waals surface area (Å²) in [5, 5.41) is 35.8. The molecule has 30 heavy (non-hydrogen) atoms. The van der Waals surface area contributed by atoms with Gasteiger partial charge in [0.1, 0.15) is 38.1 Å². The molecule has 0 aliphatic heterocycles. The summed E-state index contributed by atoms with van der Waals surface area (Å²) in [7, 11) is -14.4. The predicted molar refractivity (Wildman–Crippen MR) is 89.1 cm³/mol. The Bertz CT molecular complexity index is 674. The smallest absolute Gasteiger partial charge is 0.388 e. The third-order valence-electron chi connectivity index (χ3n) is 2.41. The minimum Gasteiger partial charge on any atom is -0.388 e. The van der Waals surface area contributed by atoms with Crippen molar-refractivity contribution in [1.82, 2.24) is 0 Å². The van der Waals surface area contributed by atoms with Gasteiger partial charge in [0.25, 0.3) is 0 Å². The van der Waals surface area contributed by atoms with E-state index >= 15 is 0 Å². The fourth-order valence-corrected chi connectivity index (χ4v) is 2.06. The topological polar surface area (TPSA) is 315 Å². The molecule has 3 atom stereocenters. The van der Waals surface area contributed by atoms with E-state index in [0.29, 0.717) is 0 Å². The average molecular weight is 510 g/mol. The summed E-state index contributed by atoms with van der Waals surface area (Å²) in [4.78, 5) is 70.6. The Hall–Kier alpha value is -0.490. The van der Waals surface area contributed by atoms with Gasteiger partial charge in [-0.25, -0.2) is 13.7 Å². The summed E-state index contributed by atoms with van der Waals surface area (Å²) in [5.74, 6) is -2.14. The van der Waals surface area contributed by atoms with Crippen molar-refractivity contribution in [2.75, 3.05) is 26.4 Å². The molecule has 0 aromatic rings. The van der Waals surface area contributed by atoms with Crippen LogP contribution in [0, 0.1) is 0 Å². The predicted octanol–water partition coefficient (Wildman–Crippen LogP) is -4.49. The first-order chi connectivity index (χ1) is 13.3. The largest absolute Gasteiger partial charge is 0.470 e. The van der Waals surface area contributed by atoms with Crippen molar-refractivity contribution < 1.29 is 86.6 Å². The Morgan fingerprint density at radius 1 is 0.733 bits per heavy atom. The number of rotatable bonds is 13. The van der Waals surface area contributed by atoms with E-state index in [2.05, 4.69) is 13.6 Å². The highest BCUT2D eigenvalue weighted by Crippen LogP contribution is 2.37. The van der Waals surface area contributed by atoms with E-state index in [1.165, 1.54) is 0 Å². The molecule has 0 radical (unpaired) electrons. The number of phosphoric acid groups is 3. The zero-order chi connectivity index (χ0) is 24.3. The zero-order valence-electron chi connectivity index (χ0n) is 14.6. The summed E-state index contributed by atoms with van der Waals surface area (Å²) in [6.45, 7) is -3.87. The Balaban J connectivity index is 0. The molecule has 0 fully saturated rings. The molecule has 10 N–H and O–H groups in total. The Kier molecular flexibility index (Phi) is 14.6. The third-order valence-corrected chi connectivity index (χ3v) is 3.82. The second kappa shape index (κ2) is 13.8. The van der Waals surface area contributed by atoms with Gasteiger partial charge in [-0.05, 0) is 0 Å². The maximum absolute atomic E-state index is 11.2. The molecular formula is C9H21O18P3. The maximum Gasteiger partial charge on any atom is 0.470 e. The number of carbonyl (C=O) groups excluding carboxylic acids is 2. The Morgan fingerprint density at radius 3 is 1.50 bits per heavy atom. The van der Waals surface area contributed by atoms with E-state index in [1.54, 1.807) is 0 Å². The number of aliphatic hydroxyl groups excluding tert-OH is 4. The Labute approximate surface area is 167 Å². The molecule has 0 aliphatic rings. The number of ketones is 2. The summed E-state index contributed by atoms with van der Waals surface area (Å²) >= 11 is 0. The van der Waals surface area contributed by atoms with Crippen LogP contribution >= 0.6 is 23.5 Å². The minimum atomic E-state index is -4.95. The van der Waals surface area contributed by atoms with Crippen molar-refractivity contribution in [3.05, 3.63) is 0 Å². The number of carbonyl (C=O) groups is 2. The molecule has 180 valence electrons. The fraction of sp³-hybridized carbons (Fsp3) is 0.778. The van der Waals surface area contributed by atoms with E-state index in [1.807, 2.05) is 0 Å². The van der Waals surface area contributed by atoms with Crippen LogP contribution in [0.2, 0.25) is 0 Å². The third kappa shape index (κ3) is 19.5. The van der Waals surface area contributed by atoms with Crippen molar-refractivity contribution in [1.29, 1.82) is 0 Å². The van der Waals surface area contributed by atoms with Gasteiger partial charge in [-0.15, -0.1) is 0 Å². The number of Topliss-reactive ketones (excluding diaryl/α,β-unsaturated/α-hetero) is 2. The van der Waals surface area contributed by atoms with Crippen molar-refractivity contribution in [3.63, 3.8) is 0 Å². The molecule has 0 saturated carbocycles. The van der Waals surface area contributed by atoms with Gasteiger partial charge >= 0.3 is 23.5 Å². The molecule has 18 nitrogen and oxygen atoms in total. The first-order valence-electron chi connectivity index (χ1n) is 7.08. The maximum atomic E-state index is 11.2. The van der Waals surface area contributed by atoms with Crippen LogP contribution in [0.25, 0.3) is 0 Å². The Morgan fingerprint density at radius 2 is 1.13 bits per heavy atom. The average Bonchev–Trinajstić information content (AvgIpc) is 2.59. The normalized spacial score (nSPS) is 15.5. The molecule has 0 rings (SSSR count). The van der Waals surface area contributed by atoms with Crippen LogP contribution in [-0.4, -0.2) is 106 Å². The van der Waals surface area contributed by atoms with E-state index in [4.69, 9.17) is 34.5 Å². The van der Waals surface area contributed by atoms with E-state index < -0.39 is 79.8 Å². The second-order valence-corrected chi connectivity index (χ2v) is 8.70. The number of phosphoric ester groups is 3.